The second-order valence-corrected chi connectivity index (χ2v) is 8.54. The van der Waals surface area contributed by atoms with Crippen LogP contribution in [0.15, 0.2) is 42.7 Å². The van der Waals surface area contributed by atoms with Crippen molar-refractivity contribution < 1.29 is 9.18 Å². The first-order valence-corrected chi connectivity index (χ1v) is 11.0. The molecule has 1 amide bonds. The minimum Gasteiger partial charge on any atom is -0.339 e. The standard InChI is InChI=1S/C24H26FN5O.ClH/c1-16(2)30-20-13-17(24(31)28-11-5-3-4-6-12-28)7-9-19(20)23(27-30)21-14-26-22-10-8-18(25)15-29(21)22;/h7-10,13-16H,3-6,11-12H2,1-2H3;1H. The van der Waals surface area contributed by atoms with Gasteiger partial charge in [0.25, 0.3) is 5.91 Å². The SMILES string of the molecule is CC(C)n1nc(-c2cnc3ccc(F)cn23)c2ccc(C(=O)N3CCCCCC3)cc21.Cl. The Morgan fingerprint density at radius 2 is 1.81 bits per heavy atom. The van der Waals surface area contributed by atoms with E-state index >= 15 is 0 Å². The smallest absolute Gasteiger partial charge is 0.253 e. The van der Waals surface area contributed by atoms with Crippen molar-refractivity contribution in [3.8, 4) is 11.4 Å². The average molecular weight is 456 g/mol. The molecule has 6 nitrogen and oxygen atoms in total. The van der Waals surface area contributed by atoms with E-state index < -0.39 is 0 Å². The summed E-state index contributed by atoms with van der Waals surface area (Å²) in [5.74, 6) is -0.247. The Hall–Kier alpha value is -2.93. The van der Waals surface area contributed by atoms with Crippen LogP contribution in [0.5, 0.6) is 0 Å². The number of pyridine rings is 1. The Morgan fingerprint density at radius 3 is 2.53 bits per heavy atom. The predicted molar refractivity (Wildman–Crippen MR) is 126 cm³/mol. The molecule has 1 aromatic carbocycles. The Balaban J connectivity index is 0.00000245. The molecule has 4 aromatic rings. The number of likely N-dealkylation sites (tertiary alicyclic amines) is 1. The van der Waals surface area contributed by atoms with E-state index in [4.69, 9.17) is 5.10 Å². The first kappa shape index (κ1) is 22.3. The van der Waals surface area contributed by atoms with Crippen LogP contribution in [0.1, 0.15) is 55.9 Å². The summed E-state index contributed by atoms with van der Waals surface area (Å²) >= 11 is 0. The highest BCUT2D eigenvalue weighted by Gasteiger charge is 2.22. The normalized spacial score (nSPS) is 14.7. The third-order valence-corrected chi connectivity index (χ3v) is 6.05. The highest BCUT2D eigenvalue weighted by atomic mass is 35.5. The molecule has 0 bridgehead atoms. The van der Waals surface area contributed by atoms with E-state index in [-0.39, 0.29) is 30.2 Å². The van der Waals surface area contributed by atoms with E-state index in [0.717, 1.165) is 48.2 Å². The second kappa shape index (κ2) is 8.90. The summed E-state index contributed by atoms with van der Waals surface area (Å²) in [5, 5.41) is 5.77. The van der Waals surface area contributed by atoms with Gasteiger partial charge in [-0.3, -0.25) is 13.9 Å². The fourth-order valence-corrected chi connectivity index (χ4v) is 4.44. The first-order chi connectivity index (χ1) is 15.0. The molecule has 0 unspecified atom stereocenters. The minimum atomic E-state index is -0.329. The summed E-state index contributed by atoms with van der Waals surface area (Å²) < 4.78 is 17.5. The minimum absolute atomic E-state index is 0. The molecule has 5 rings (SSSR count). The van der Waals surface area contributed by atoms with Crippen LogP contribution in [0.4, 0.5) is 4.39 Å². The van der Waals surface area contributed by atoms with Gasteiger partial charge < -0.3 is 4.90 Å². The van der Waals surface area contributed by atoms with Gasteiger partial charge in [0.05, 0.1) is 17.4 Å². The average Bonchev–Trinajstić information content (AvgIpc) is 3.22. The van der Waals surface area contributed by atoms with Crippen molar-refractivity contribution in [2.75, 3.05) is 13.1 Å². The lowest BCUT2D eigenvalue weighted by atomic mass is 10.1. The third-order valence-electron chi connectivity index (χ3n) is 6.05. The van der Waals surface area contributed by atoms with E-state index in [9.17, 15) is 9.18 Å². The van der Waals surface area contributed by atoms with Gasteiger partial charge in [0.2, 0.25) is 0 Å². The summed E-state index contributed by atoms with van der Waals surface area (Å²) in [7, 11) is 0. The maximum atomic E-state index is 13.9. The summed E-state index contributed by atoms with van der Waals surface area (Å²) in [6.45, 7) is 5.76. The molecule has 0 saturated carbocycles. The van der Waals surface area contributed by atoms with Crippen molar-refractivity contribution in [1.29, 1.82) is 0 Å². The molecular weight excluding hydrogens is 429 g/mol. The number of hydrogen-bond acceptors (Lipinski definition) is 3. The number of imidazole rings is 1. The Morgan fingerprint density at radius 1 is 1.06 bits per heavy atom. The topological polar surface area (TPSA) is 55.4 Å². The number of rotatable bonds is 3. The molecule has 0 aliphatic carbocycles. The number of amides is 1. The van der Waals surface area contributed by atoms with Gasteiger partial charge in [-0.05, 0) is 57.0 Å². The van der Waals surface area contributed by atoms with Crippen LogP contribution < -0.4 is 0 Å². The van der Waals surface area contributed by atoms with Gasteiger partial charge in [0, 0.05) is 36.3 Å². The lowest BCUT2D eigenvalue weighted by Gasteiger charge is -2.20. The highest BCUT2D eigenvalue weighted by molar-refractivity contribution is 6.01. The summed E-state index contributed by atoms with van der Waals surface area (Å²) in [5.41, 5.74) is 3.71. The largest absolute Gasteiger partial charge is 0.339 e. The van der Waals surface area contributed by atoms with E-state index in [0.29, 0.717) is 11.2 Å². The van der Waals surface area contributed by atoms with E-state index in [2.05, 4.69) is 18.8 Å². The highest BCUT2D eigenvalue weighted by Crippen LogP contribution is 2.31. The van der Waals surface area contributed by atoms with Crippen LogP contribution in [-0.4, -0.2) is 43.1 Å². The van der Waals surface area contributed by atoms with Gasteiger partial charge in [-0.15, -0.1) is 12.4 Å². The van der Waals surface area contributed by atoms with Crippen LogP contribution in [0.3, 0.4) is 0 Å². The Kier molecular flexibility index (Phi) is 6.20. The molecule has 8 heteroatoms. The zero-order valence-electron chi connectivity index (χ0n) is 18.3. The lowest BCUT2D eigenvalue weighted by molar-refractivity contribution is 0.0762. The van der Waals surface area contributed by atoms with E-state index in [1.54, 1.807) is 16.7 Å². The van der Waals surface area contributed by atoms with Gasteiger partial charge in [-0.25, -0.2) is 9.37 Å². The maximum Gasteiger partial charge on any atom is 0.253 e. The molecule has 1 saturated heterocycles. The molecule has 168 valence electrons. The van der Waals surface area contributed by atoms with Crippen molar-refractivity contribution in [1.82, 2.24) is 24.1 Å². The molecule has 32 heavy (non-hydrogen) atoms. The molecule has 0 spiro atoms. The number of carbonyl (C=O) groups is 1. The zero-order chi connectivity index (χ0) is 21.5. The lowest BCUT2D eigenvalue weighted by Crippen LogP contribution is -2.31. The number of aromatic nitrogens is 4. The number of halogens is 2. The number of fused-ring (bicyclic) bond motifs is 2. The fourth-order valence-electron chi connectivity index (χ4n) is 4.44. The molecule has 0 atom stereocenters. The van der Waals surface area contributed by atoms with Gasteiger partial charge in [0.15, 0.2) is 0 Å². The quantitative estimate of drug-likeness (QED) is 0.409. The monoisotopic (exact) mass is 455 g/mol. The Labute approximate surface area is 192 Å². The molecule has 1 aliphatic heterocycles. The molecule has 1 aliphatic rings. The van der Waals surface area contributed by atoms with Crippen molar-refractivity contribution in [2.45, 2.75) is 45.6 Å². The number of carbonyl (C=O) groups excluding carboxylic acids is 1. The molecule has 0 N–H and O–H groups in total. The number of nitrogens with zero attached hydrogens (tertiary/aromatic N) is 5. The van der Waals surface area contributed by atoms with E-state index in [1.165, 1.54) is 25.1 Å². The van der Waals surface area contributed by atoms with Gasteiger partial charge in [0.1, 0.15) is 17.2 Å². The van der Waals surface area contributed by atoms with Crippen LogP contribution in [0.2, 0.25) is 0 Å². The second-order valence-electron chi connectivity index (χ2n) is 8.54. The van der Waals surface area contributed by atoms with Crippen molar-refractivity contribution in [2.24, 2.45) is 0 Å². The van der Waals surface area contributed by atoms with Crippen LogP contribution in [0.25, 0.3) is 27.9 Å². The van der Waals surface area contributed by atoms with Crippen molar-refractivity contribution >= 4 is 34.9 Å². The van der Waals surface area contributed by atoms with Crippen LogP contribution in [0, 0.1) is 5.82 Å². The van der Waals surface area contributed by atoms with Gasteiger partial charge in [-0.1, -0.05) is 12.8 Å². The number of hydrogen-bond donors (Lipinski definition) is 0. The van der Waals surface area contributed by atoms with Crippen molar-refractivity contribution in [3.63, 3.8) is 0 Å². The van der Waals surface area contributed by atoms with Crippen LogP contribution in [-0.2, 0) is 0 Å². The van der Waals surface area contributed by atoms with E-state index in [1.807, 2.05) is 27.8 Å². The summed E-state index contributed by atoms with van der Waals surface area (Å²) in [4.78, 5) is 19.5. The van der Waals surface area contributed by atoms with Crippen molar-refractivity contribution in [3.05, 3.63) is 54.1 Å². The van der Waals surface area contributed by atoms with Crippen LogP contribution >= 0.6 is 12.4 Å². The third kappa shape index (κ3) is 3.86. The van der Waals surface area contributed by atoms with Gasteiger partial charge in [-0.2, -0.15) is 5.10 Å². The zero-order valence-corrected chi connectivity index (χ0v) is 19.1. The predicted octanol–water partition coefficient (Wildman–Crippen LogP) is 5.51. The maximum absolute atomic E-state index is 13.9. The summed E-state index contributed by atoms with van der Waals surface area (Å²) in [6, 6.07) is 8.95. The number of benzene rings is 1. The summed E-state index contributed by atoms with van der Waals surface area (Å²) in [6.07, 6.45) is 7.64. The molecule has 4 heterocycles. The first-order valence-electron chi connectivity index (χ1n) is 11.0. The molecule has 0 radical (unpaired) electrons. The fraction of sp³-hybridized carbons (Fsp3) is 0.375. The Bertz CT molecular complexity index is 1270. The van der Waals surface area contributed by atoms with Gasteiger partial charge >= 0.3 is 0 Å². The molecule has 3 aromatic heterocycles. The molecule has 1 fully saturated rings. The molecular formula is C24H27ClFN5O.